The van der Waals surface area contributed by atoms with Gasteiger partial charge in [-0.2, -0.15) is 0 Å². The van der Waals surface area contributed by atoms with E-state index >= 15 is 0 Å². The van der Waals surface area contributed by atoms with Crippen LogP contribution in [-0.4, -0.2) is 0 Å². The van der Waals surface area contributed by atoms with E-state index in [9.17, 15) is 17.6 Å². The van der Waals surface area contributed by atoms with Crippen LogP contribution >= 0.6 is 46.4 Å². The summed E-state index contributed by atoms with van der Waals surface area (Å²) in [6, 6.07) is 0. The molecule has 0 aliphatic carbocycles. The molecule has 84 valence electrons. The minimum atomic E-state index is -2.58. The number of benzene rings is 1. The molecule has 1 aromatic carbocycles. The summed E-state index contributed by atoms with van der Waals surface area (Å²) in [5, 5.41) is -1.27. The maximum atomic E-state index is 13.2. The topological polar surface area (TPSA) is 0 Å². The monoisotopic (exact) mass is 300 g/mol. The Labute approximate surface area is 102 Å². The van der Waals surface area contributed by atoms with E-state index in [-0.39, 0.29) is 0 Å². The van der Waals surface area contributed by atoms with Crippen molar-refractivity contribution in [3.05, 3.63) is 33.9 Å². The summed E-state index contributed by atoms with van der Waals surface area (Å²) in [7, 11) is 0. The van der Waals surface area contributed by atoms with Crippen LogP contribution in [0.25, 0.3) is 0 Å². The lowest BCUT2D eigenvalue weighted by Crippen LogP contribution is -2.12. The number of hydrogen-bond acceptors (Lipinski definition) is 0. The molecule has 1 aromatic rings. The quantitative estimate of drug-likeness (QED) is 0.281. The molecule has 0 fully saturated rings. The molecule has 0 aliphatic heterocycles. The zero-order chi connectivity index (χ0) is 12.0. The number of halogens is 8. The second-order valence-corrected chi connectivity index (χ2v) is 5.10. The highest BCUT2D eigenvalue weighted by atomic mass is 35.6. The average molecular weight is 302 g/mol. The van der Waals surface area contributed by atoms with Crippen molar-refractivity contribution >= 4 is 46.4 Å². The highest BCUT2D eigenvalue weighted by Crippen LogP contribution is 2.43. The van der Waals surface area contributed by atoms with Crippen LogP contribution in [0.3, 0.4) is 0 Å². The lowest BCUT2D eigenvalue weighted by atomic mass is 10.2. The van der Waals surface area contributed by atoms with Gasteiger partial charge < -0.3 is 0 Å². The molecule has 1 rings (SSSR count). The highest BCUT2D eigenvalue weighted by molar-refractivity contribution is 6.66. The molecule has 0 nitrogen and oxygen atoms in total. The van der Waals surface area contributed by atoms with Gasteiger partial charge in [-0.3, -0.25) is 0 Å². The first kappa shape index (κ1) is 13.2. The summed E-state index contributed by atoms with van der Waals surface area (Å²) in [5.74, 6) is -7.44. The third kappa shape index (κ3) is 2.28. The second kappa shape index (κ2) is 4.17. The molecule has 0 saturated carbocycles. The van der Waals surface area contributed by atoms with E-state index in [4.69, 9.17) is 46.4 Å². The van der Waals surface area contributed by atoms with E-state index < -0.39 is 37.6 Å². The first-order valence-corrected chi connectivity index (χ1v) is 4.77. The van der Waals surface area contributed by atoms with E-state index in [0.717, 1.165) is 0 Å². The third-order valence-corrected chi connectivity index (χ3v) is 2.39. The van der Waals surface area contributed by atoms with Crippen LogP contribution < -0.4 is 0 Å². The summed E-state index contributed by atoms with van der Waals surface area (Å²) in [5.41, 5.74) is -1.25. The molecule has 0 N–H and O–H groups in total. The van der Waals surface area contributed by atoms with Gasteiger partial charge in [0, 0.05) is 0 Å². The molecule has 0 unspecified atom stereocenters. The van der Waals surface area contributed by atoms with Crippen LogP contribution in [0.5, 0.6) is 0 Å². The molecule has 0 aromatic heterocycles. The van der Waals surface area contributed by atoms with Crippen molar-refractivity contribution in [1.82, 2.24) is 0 Å². The van der Waals surface area contributed by atoms with Crippen LogP contribution in [0.15, 0.2) is 0 Å². The molecule has 0 bridgehead atoms. The first-order chi connectivity index (χ1) is 6.68. The Morgan fingerprint density at radius 1 is 0.733 bits per heavy atom. The maximum absolute atomic E-state index is 13.2. The fraction of sp³-hybridized carbons (Fsp3) is 0.143. The summed E-state index contributed by atoms with van der Waals surface area (Å²) in [4.78, 5) is 0. The molecule has 0 atom stereocenters. The van der Waals surface area contributed by atoms with Crippen LogP contribution in [0.1, 0.15) is 5.56 Å². The molecule has 0 aliphatic rings. The molecule has 0 radical (unpaired) electrons. The van der Waals surface area contributed by atoms with Gasteiger partial charge in [0.1, 0.15) is 5.02 Å². The molecular formula is C7Cl4F4. The van der Waals surface area contributed by atoms with E-state index in [1.54, 1.807) is 0 Å². The van der Waals surface area contributed by atoms with Crippen molar-refractivity contribution in [1.29, 1.82) is 0 Å². The Balaban J connectivity index is 3.68. The van der Waals surface area contributed by atoms with E-state index in [1.807, 2.05) is 0 Å². The highest BCUT2D eigenvalue weighted by Gasteiger charge is 2.36. The number of rotatable bonds is 0. The second-order valence-electron chi connectivity index (χ2n) is 2.44. The smallest absolute Gasteiger partial charge is 0.205 e. The number of alkyl halides is 3. The zero-order valence-electron chi connectivity index (χ0n) is 6.52. The van der Waals surface area contributed by atoms with Gasteiger partial charge in [-0.05, 0) is 0 Å². The van der Waals surface area contributed by atoms with Gasteiger partial charge in [0.25, 0.3) is 0 Å². The minimum Gasteiger partial charge on any atom is -0.205 e. The minimum absolute atomic E-state index is 1.25. The van der Waals surface area contributed by atoms with Gasteiger partial charge in [0.15, 0.2) is 23.3 Å². The van der Waals surface area contributed by atoms with Crippen LogP contribution in [0, 0.1) is 23.3 Å². The average Bonchev–Trinajstić information content (AvgIpc) is 2.09. The fourth-order valence-electron chi connectivity index (χ4n) is 0.854. The molecular weight excluding hydrogens is 302 g/mol. The van der Waals surface area contributed by atoms with Crippen LogP contribution in [0.2, 0.25) is 5.02 Å². The van der Waals surface area contributed by atoms with Crippen LogP contribution in [0.4, 0.5) is 17.6 Å². The van der Waals surface area contributed by atoms with E-state index in [0.29, 0.717) is 0 Å². The summed E-state index contributed by atoms with van der Waals surface area (Å²) >= 11 is 20.5. The Bertz CT molecular complexity index is 383. The first-order valence-electron chi connectivity index (χ1n) is 3.26. The predicted octanol–water partition coefficient (Wildman–Crippen LogP) is 4.72. The normalized spacial score (nSPS) is 12.0. The van der Waals surface area contributed by atoms with E-state index in [1.165, 1.54) is 0 Å². The maximum Gasteiger partial charge on any atom is 0.221 e. The molecule has 0 amide bonds. The Morgan fingerprint density at radius 3 is 1.60 bits per heavy atom. The largest absolute Gasteiger partial charge is 0.221 e. The summed E-state index contributed by atoms with van der Waals surface area (Å²) in [6.07, 6.45) is 0. The molecule has 8 heteroatoms. The lowest BCUT2D eigenvalue weighted by Gasteiger charge is -2.15. The van der Waals surface area contributed by atoms with Crippen molar-refractivity contribution in [2.45, 2.75) is 3.79 Å². The molecule has 0 saturated heterocycles. The molecule has 0 spiro atoms. The van der Waals surface area contributed by atoms with Gasteiger partial charge in [-0.25, -0.2) is 17.6 Å². The summed E-state index contributed by atoms with van der Waals surface area (Å²) < 4.78 is 49.1. The SMILES string of the molecule is Fc1c(F)c(Cl)c(F)c(C(Cl)(Cl)Cl)c1F. The Morgan fingerprint density at radius 2 is 1.20 bits per heavy atom. The fourth-order valence-corrected chi connectivity index (χ4v) is 1.53. The zero-order valence-corrected chi connectivity index (χ0v) is 9.55. The van der Waals surface area contributed by atoms with Gasteiger partial charge >= 0.3 is 0 Å². The number of hydrogen-bond donors (Lipinski definition) is 0. The van der Waals surface area contributed by atoms with Crippen molar-refractivity contribution in [3.63, 3.8) is 0 Å². The third-order valence-electron chi connectivity index (χ3n) is 1.49. The van der Waals surface area contributed by atoms with Crippen LogP contribution in [-0.2, 0) is 3.79 Å². The van der Waals surface area contributed by atoms with E-state index in [2.05, 4.69) is 0 Å². The Kier molecular flexibility index (Phi) is 3.66. The van der Waals surface area contributed by atoms with Gasteiger partial charge in [0.2, 0.25) is 3.79 Å². The van der Waals surface area contributed by atoms with Crippen molar-refractivity contribution in [3.8, 4) is 0 Å². The molecule has 15 heavy (non-hydrogen) atoms. The van der Waals surface area contributed by atoms with Crippen molar-refractivity contribution in [2.24, 2.45) is 0 Å². The van der Waals surface area contributed by atoms with Crippen molar-refractivity contribution in [2.75, 3.05) is 0 Å². The van der Waals surface area contributed by atoms with Gasteiger partial charge in [-0.1, -0.05) is 46.4 Å². The van der Waals surface area contributed by atoms with Gasteiger partial charge in [-0.15, -0.1) is 0 Å². The molecule has 0 heterocycles. The lowest BCUT2D eigenvalue weighted by molar-refractivity contribution is 0.426. The summed E-state index contributed by atoms with van der Waals surface area (Å²) in [6.45, 7) is 0. The Hall–Kier alpha value is 0.1000. The van der Waals surface area contributed by atoms with Gasteiger partial charge in [0.05, 0.1) is 5.56 Å². The predicted molar refractivity (Wildman–Crippen MR) is 50.5 cm³/mol. The standard InChI is InChI=1S/C7Cl4F4/c8-2-3(12)1(7(9,10)11)4(13)6(15)5(2)14. The van der Waals surface area contributed by atoms with Crippen molar-refractivity contribution < 1.29 is 17.6 Å².